The van der Waals surface area contributed by atoms with E-state index in [-0.39, 0.29) is 0 Å². The van der Waals surface area contributed by atoms with Gasteiger partial charge in [0.25, 0.3) is 5.79 Å². The average molecular weight is 507 g/mol. The lowest BCUT2D eigenvalue weighted by molar-refractivity contribution is -0.185. The fraction of sp³-hybridized carbons (Fsp3) is 0.100. The maximum atomic E-state index is 13.3. The lowest BCUT2D eigenvalue weighted by Crippen LogP contribution is -2.29. The van der Waals surface area contributed by atoms with Crippen molar-refractivity contribution >= 4 is 34.3 Å². The quantitative estimate of drug-likeness (QED) is 0.287. The monoisotopic (exact) mass is 506 g/mol. The van der Waals surface area contributed by atoms with Gasteiger partial charge in [-0.05, 0) is 53.1 Å². The minimum absolute atomic E-state index is 0.331. The zero-order valence-corrected chi connectivity index (χ0v) is 20.5. The second-order valence-corrected chi connectivity index (χ2v) is 9.34. The topological polar surface area (TPSA) is 81.5 Å². The summed E-state index contributed by atoms with van der Waals surface area (Å²) in [6.45, 7) is 0.427. The molecule has 37 heavy (non-hydrogen) atoms. The Morgan fingerprint density at radius 3 is 2.22 bits per heavy atom. The summed E-state index contributed by atoms with van der Waals surface area (Å²) < 4.78 is 20.2. The molecule has 1 aromatic heterocycles. The predicted octanol–water partition coefficient (Wildman–Crippen LogP) is 5.67. The van der Waals surface area contributed by atoms with Crippen LogP contribution < -0.4 is 4.74 Å². The number of fused-ring (bicyclic) bond motifs is 1. The van der Waals surface area contributed by atoms with Gasteiger partial charge in [-0.25, -0.2) is 4.79 Å². The summed E-state index contributed by atoms with van der Waals surface area (Å²) in [4.78, 5) is 13.3. The number of nitrogens with zero attached hydrogens (tertiary/aromatic N) is 2. The molecular formula is C30H22N2O4S. The molecule has 1 aliphatic rings. The zero-order valence-electron chi connectivity index (χ0n) is 19.7. The van der Waals surface area contributed by atoms with Gasteiger partial charge >= 0.3 is 5.97 Å². The Hall–Kier alpha value is -4.33. The van der Waals surface area contributed by atoms with Crippen molar-refractivity contribution in [2.24, 2.45) is 0 Å². The van der Waals surface area contributed by atoms with Crippen molar-refractivity contribution in [3.8, 4) is 5.75 Å². The second-order valence-electron chi connectivity index (χ2n) is 8.82. The van der Waals surface area contributed by atoms with Gasteiger partial charge in [0, 0.05) is 17.6 Å². The highest BCUT2D eigenvalue weighted by Crippen LogP contribution is 2.45. The van der Waals surface area contributed by atoms with Gasteiger partial charge in [0.2, 0.25) is 0 Å². The van der Waals surface area contributed by atoms with E-state index in [4.69, 9.17) is 9.47 Å². The minimum Gasteiger partial charge on any atom is -0.489 e. The minimum atomic E-state index is -1.92. The van der Waals surface area contributed by atoms with Gasteiger partial charge in [0.05, 0.1) is 17.3 Å². The molecule has 4 aromatic carbocycles. The molecule has 182 valence electrons. The first-order valence-corrected chi connectivity index (χ1v) is 12.6. The number of cyclic esters (lactones) is 1. The van der Waals surface area contributed by atoms with E-state index in [0.29, 0.717) is 46.6 Å². The van der Waals surface area contributed by atoms with Crippen LogP contribution in [-0.2, 0) is 28.3 Å². The largest absolute Gasteiger partial charge is 0.489 e. The summed E-state index contributed by atoms with van der Waals surface area (Å²) in [7, 11) is 0. The summed E-state index contributed by atoms with van der Waals surface area (Å²) in [5.74, 6) is -1.86. The first-order valence-electron chi connectivity index (χ1n) is 11.8. The first kappa shape index (κ1) is 23.1. The van der Waals surface area contributed by atoms with E-state index in [1.807, 2.05) is 78.9 Å². The highest BCUT2D eigenvalue weighted by Gasteiger charge is 2.48. The van der Waals surface area contributed by atoms with Gasteiger partial charge in [0.15, 0.2) is 0 Å². The van der Waals surface area contributed by atoms with E-state index in [9.17, 15) is 9.90 Å². The molecular weight excluding hydrogens is 484 g/mol. The maximum Gasteiger partial charge on any atom is 0.342 e. The number of benzene rings is 4. The molecule has 1 unspecified atom stereocenters. The van der Waals surface area contributed by atoms with Crippen LogP contribution in [0.15, 0.2) is 109 Å². The Kier molecular flexibility index (Phi) is 6.00. The van der Waals surface area contributed by atoms with E-state index < -0.39 is 11.8 Å². The molecule has 6 nitrogen and oxygen atoms in total. The summed E-state index contributed by atoms with van der Waals surface area (Å²) in [5.41, 5.74) is 5.35. The Labute approximate surface area is 217 Å². The number of aromatic nitrogens is 2. The van der Waals surface area contributed by atoms with E-state index in [2.05, 4.69) is 8.75 Å². The van der Waals surface area contributed by atoms with Crippen LogP contribution >= 0.6 is 11.7 Å². The molecule has 2 heterocycles. The fourth-order valence-corrected chi connectivity index (χ4v) is 5.05. The number of aliphatic hydroxyl groups is 1. The fourth-order valence-electron chi connectivity index (χ4n) is 4.53. The number of esters is 1. The Balaban J connectivity index is 1.38. The molecule has 1 aliphatic heterocycles. The van der Waals surface area contributed by atoms with Crippen molar-refractivity contribution in [3.63, 3.8) is 0 Å². The van der Waals surface area contributed by atoms with Crippen molar-refractivity contribution in [2.45, 2.75) is 18.8 Å². The predicted molar refractivity (Wildman–Crippen MR) is 142 cm³/mol. The first-order chi connectivity index (χ1) is 18.1. The van der Waals surface area contributed by atoms with Crippen LogP contribution in [-0.4, -0.2) is 19.8 Å². The van der Waals surface area contributed by atoms with Crippen LogP contribution in [0, 0.1) is 0 Å². The molecule has 5 aromatic rings. The van der Waals surface area contributed by atoms with Gasteiger partial charge in [-0.1, -0.05) is 66.7 Å². The second kappa shape index (κ2) is 9.61. The molecule has 1 N–H and O–H groups in total. The number of hydrogen-bond donors (Lipinski definition) is 1. The molecule has 0 aliphatic carbocycles. The number of carbonyl (C=O) groups is 1. The summed E-state index contributed by atoms with van der Waals surface area (Å²) in [5, 5.41) is 11.9. The van der Waals surface area contributed by atoms with Crippen molar-refractivity contribution < 1.29 is 19.4 Å². The molecule has 0 amide bonds. The van der Waals surface area contributed by atoms with E-state index in [1.54, 1.807) is 24.3 Å². The van der Waals surface area contributed by atoms with Crippen LogP contribution in [0.1, 0.15) is 22.3 Å². The van der Waals surface area contributed by atoms with Crippen LogP contribution in [0.3, 0.4) is 0 Å². The Bertz CT molecular complexity index is 1600. The van der Waals surface area contributed by atoms with Gasteiger partial charge in [-0.2, -0.15) is 8.75 Å². The van der Waals surface area contributed by atoms with E-state index in [1.165, 1.54) is 0 Å². The van der Waals surface area contributed by atoms with Gasteiger partial charge in [0.1, 0.15) is 23.4 Å². The maximum absolute atomic E-state index is 13.3. The number of ether oxygens (including phenoxy) is 2. The molecule has 6 rings (SSSR count). The molecule has 0 radical (unpaired) electrons. The molecule has 0 bridgehead atoms. The third-order valence-electron chi connectivity index (χ3n) is 6.42. The number of hydrogen-bond acceptors (Lipinski definition) is 7. The van der Waals surface area contributed by atoms with Gasteiger partial charge < -0.3 is 14.6 Å². The van der Waals surface area contributed by atoms with Crippen LogP contribution in [0.2, 0.25) is 0 Å². The normalized spacial score (nSPS) is 17.3. The highest BCUT2D eigenvalue weighted by molar-refractivity contribution is 7.00. The van der Waals surface area contributed by atoms with Crippen molar-refractivity contribution in [1.29, 1.82) is 0 Å². The molecule has 0 saturated carbocycles. The summed E-state index contributed by atoms with van der Waals surface area (Å²) in [6.07, 6.45) is 0.331. The average Bonchev–Trinajstić information content (AvgIpc) is 3.50. The van der Waals surface area contributed by atoms with Gasteiger partial charge in [-0.15, -0.1) is 0 Å². The Morgan fingerprint density at radius 2 is 1.49 bits per heavy atom. The van der Waals surface area contributed by atoms with E-state index >= 15 is 0 Å². The standard InChI is InChI=1S/C30H22N2O4S/c33-29-28(22-11-16-26-27(18-22)32-37-31-26)25(17-20-7-3-1-4-8-20)30(34,36-29)23-12-14-24(15-13-23)35-19-21-9-5-2-6-10-21/h1-16,18,34H,17,19H2. The van der Waals surface area contributed by atoms with Crippen molar-refractivity contribution in [3.05, 3.63) is 131 Å². The van der Waals surface area contributed by atoms with Crippen molar-refractivity contribution in [1.82, 2.24) is 8.75 Å². The van der Waals surface area contributed by atoms with Crippen LogP contribution in [0.5, 0.6) is 5.75 Å². The molecule has 0 saturated heterocycles. The molecule has 7 heteroatoms. The third kappa shape index (κ3) is 4.50. The van der Waals surface area contributed by atoms with Crippen LogP contribution in [0.4, 0.5) is 0 Å². The molecule has 0 spiro atoms. The lowest BCUT2D eigenvalue weighted by Gasteiger charge is -2.26. The third-order valence-corrected chi connectivity index (χ3v) is 6.97. The highest BCUT2D eigenvalue weighted by atomic mass is 32.1. The summed E-state index contributed by atoms with van der Waals surface area (Å²) in [6, 6.07) is 32.1. The SMILES string of the molecule is O=C1OC(O)(c2ccc(OCc3ccccc3)cc2)C(Cc2ccccc2)=C1c1ccc2nsnc2c1. The van der Waals surface area contributed by atoms with Gasteiger partial charge in [-0.3, -0.25) is 0 Å². The number of rotatable bonds is 7. The smallest absolute Gasteiger partial charge is 0.342 e. The van der Waals surface area contributed by atoms with E-state index in [0.717, 1.165) is 28.4 Å². The molecule has 1 atom stereocenters. The zero-order chi connectivity index (χ0) is 25.2. The van der Waals surface area contributed by atoms with Crippen LogP contribution in [0.25, 0.3) is 16.6 Å². The Morgan fingerprint density at radius 1 is 0.811 bits per heavy atom. The molecule has 0 fully saturated rings. The lowest BCUT2D eigenvalue weighted by atomic mass is 9.88. The number of carbonyl (C=O) groups excluding carboxylic acids is 1. The van der Waals surface area contributed by atoms with Crippen molar-refractivity contribution in [2.75, 3.05) is 0 Å². The summed E-state index contributed by atoms with van der Waals surface area (Å²) >= 11 is 1.12.